The molecule has 0 saturated carbocycles. The molecule has 1 fully saturated rings. The van der Waals surface area contributed by atoms with Crippen LogP contribution in [-0.4, -0.2) is 56.7 Å². The van der Waals surface area contributed by atoms with Crippen LogP contribution in [0.25, 0.3) is 5.69 Å². The van der Waals surface area contributed by atoms with E-state index in [0.717, 1.165) is 50.7 Å². The molecular weight excluding hydrogens is 360 g/mol. The highest BCUT2D eigenvalue weighted by molar-refractivity contribution is 5.36. The van der Waals surface area contributed by atoms with Gasteiger partial charge in [-0.2, -0.15) is 0 Å². The molecule has 1 aliphatic rings. The Morgan fingerprint density at radius 1 is 1.03 bits per heavy atom. The van der Waals surface area contributed by atoms with Crippen LogP contribution < -0.4 is 0 Å². The van der Waals surface area contributed by atoms with Gasteiger partial charge >= 0.3 is 0 Å². The summed E-state index contributed by atoms with van der Waals surface area (Å²) in [5, 5.41) is 9.60. The normalized spacial score (nSPS) is 18.2. The Balaban J connectivity index is 1.44. The lowest BCUT2D eigenvalue weighted by atomic mass is 10.1. The number of rotatable bonds is 7. The van der Waals surface area contributed by atoms with Crippen LogP contribution in [0.2, 0.25) is 0 Å². The number of nitrogens with zero attached hydrogens (tertiary/aromatic N) is 4. The summed E-state index contributed by atoms with van der Waals surface area (Å²) in [6.45, 7) is 7.07. The fourth-order valence-corrected chi connectivity index (χ4v) is 4.21. The molecule has 2 heterocycles. The van der Waals surface area contributed by atoms with Gasteiger partial charge < -0.3 is 9.67 Å². The zero-order chi connectivity index (χ0) is 20.1. The van der Waals surface area contributed by atoms with Gasteiger partial charge in [0.05, 0.1) is 6.54 Å². The molecule has 0 aliphatic carbocycles. The van der Waals surface area contributed by atoms with E-state index in [0.29, 0.717) is 6.04 Å². The molecule has 0 radical (unpaired) electrons. The van der Waals surface area contributed by atoms with Crippen LogP contribution >= 0.6 is 0 Å². The van der Waals surface area contributed by atoms with Crippen molar-refractivity contribution < 1.29 is 5.11 Å². The van der Waals surface area contributed by atoms with Crippen molar-refractivity contribution in [3.05, 3.63) is 83.9 Å². The van der Waals surface area contributed by atoms with Gasteiger partial charge in [0.25, 0.3) is 0 Å². The smallest absolute Gasteiger partial charge is 0.127 e. The highest BCUT2D eigenvalue weighted by Crippen LogP contribution is 2.19. The number of aliphatic hydroxyl groups excluding tert-OH is 1. The van der Waals surface area contributed by atoms with Crippen molar-refractivity contribution in [2.75, 3.05) is 26.2 Å². The average Bonchev–Trinajstić information content (AvgIpc) is 3.19. The third-order valence-electron chi connectivity index (χ3n) is 5.74. The van der Waals surface area contributed by atoms with Gasteiger partial charge in [0.2, 0.25) is 0 Å². The quantitative estimate of drug-likeness (QED) is 0.673. The largest absolute Gasteiger partial charge is 0.396 e. The van der Waals surface area contributed by atoms with E-state index in [1.165, 1.54) is 11.1 Å². The number of hydrogen-bond acceptors (Lipinski definition) is 4. The molecule has 4 rings (SSSR count). The van der Waals surface area contributed by atoms with E-state index in [1.807, 2.05) is 12.4 Å². The van der Waals surface area contributed by atoms with Gasteiger partial charge in [-0.3, -0.25) is 9.80 Å². The number of piperazine rings is 1. The van der Waals surface area contributed by atoms with E-state index in [9.17, 15) is 5.11 Å². The van der Waals surface area contributed by atoms with Gasteiger partial charge in [-0.1, -0.05) is 42.5 Å². The van der Waals surface area contributed by atoms with Gasteiger partial charge in [0.15, 0.2) is 0 Å². The van der Waals surface area contributed by atoms with Gasteiger partial charge in [-0.05, 0) is 36.6 Å². The van der Waals surface area contributed by atoms with Crippen LogP contribution in [0.5, 0.6) is 0 Å². The summed E-state index contributed by atoms with van der Waals surface area (Å²) in [7, 11) is 0. The van der Waals surface area contributed by atoms with Crippen molar-refractivity contribution >= 4 is 0 Å². The Bertz CT molecular complexity index is 908. The topological polar surface area (TPSA) is 44.5 Å². The second-order valence-corrected chi connectivity index (χ2v) is 7.91. The minimum absolute atomic E-state index is 0.224. The number of imidazole rings is 1. The van der Waals surface area contributed by atoms with Crippen molar-refractivity contribution in [3.8, 4) is 5.69 Å². The standard InChI is InChI=1S/C24H30N4O/c1-20-6-5-9-22(16-20)28-12-11-25-24(28)19-26-13-14-27(23(18-26)10-15-29)17-21-7-3-2-4-8-21/h2-9,11-12,16,23,29H,10,13-15,17-19H2,1H3/t23-/m0/s1. The summed E-state index contributed by atoms with van der Waals surface area (Å²) < 4.78 is 2.18. The van der Waals surface area contributed by atoms with Crippen molar-refractivity contribution in [3.63, 3.8) is 0 Å². The number of aromatic nitrogens is 2. The molecule has 5 nitrogen and oxygen atoms in total. The van der Waals surface area contributed by atoms with Gasteiger partial charge in [-0.25, -0.2) is 4.98 Å². The monoisotopic (exact) mass is 390 g/mol. The van der Waals surface area contributed by atoms with E-state index in [1.54, 1.807) is 0 Å². The second kappa shape index (κ2) is 9.35. The molecule has 0 spiro atoms. The molecule has 5 heteroatoms. The lowest BCUT2D eigenvalue weighted by Gasteiger charge is -2.41. The summed E-state index contributed by atoms with van der Waals surface area (Å²) in [5.74, 6) is 1.06. The Morgan fingerprint density at radius 3 is 2.69 bits per heavy atom. The van der Waals surface area contributed by atoms with E-state index >= 15 is 0 Å². The fourth-order valence-electron chi connectivity index (χ4n) is 4.21. The van der Waals surface area contributed by atoms with Gasteiger partial charge in [0.1, 0.15) is 5.82 Å². The highest BCUT2D eigenvalue weighted by Gasteiger charge is 2.27. The molecule has 2 aromatic carbocycles. The molecule has 1 saturated heterocycles. The van der Waals surface area contributed by atoms with Crippen LogP contribution in [0.15, 0.2) is 67.0 Å². The van der Waals surface area contributed by atoms with E-state index in [2.05, 4.69) is 80.9 Å². The minimum Gasteiger partial charge on any atom is -0.396 e. The van der Waals surface area contributed by atoms with Crippen molar-refractivity contribution in [1.82, 2.24) is 19.4 Å². The SMILES string of the molecule is Cc1cccc(-n2ccnc2CN2CCN(Cc3ccccc3)[C@@H](CCO)C2)c1. The predicted molar refractivity (Wildman–Crippen MR) is 116 cm³/mol. The molecule has 1 N–H and O–H groups in total. The maximum absolute atomic E-state index is 9.60. The molecule has 152 valence electrons. The number of hydrogen-bond donors (Lipinski definition) is 1. The Hall–Kier alpha value is -2.47. The van der Waals surface area contributed by atoms with E-state index < -0.39 is 0 Å². The van der Waals surface area contributed by atoms with Crippen molar-refractivity contribution in [2.45, 2.75) is 32.5 Å². The van der Waals surface area contributed by atoms with Crippen LogP contribution in [0.1, 0.15) is 23.4 Å². The highest BCUT2D eigenvalue weighted by atomic mass is 16.3. The molecule has 0 amide bonds. The molecule has 29 heavy (non-hydrogen) atoms. The average molecular weight is 391 g/mol. The second-order valence-electron chi connectivity index (χ2n) is 7.91. The lowest BCUT2D eigenvalue weighted by molar-refractivity contribution is 0.0486. The summed E-state index contributed by atoms with van der Waals surface area (Å²) >= 11 is 0. The Morgan fingerprint density at radius 2 is 1.90 bits per heavy atom. The van der Waals surface area contributed by atoms with E-state index in [-0.39, 0.29) is 6.61 Å². The van der Waals surface area contributed by atoms with Crippen LogP contribution in [-0.2, 0) is 13.1 Å². The third kappa shape index (κ3) is 4.93. The fraction of sp³-hybridized carbons (Fsp3) is 0.375. The molecule has 1 aromatic heterocycles. The first-order chi connectivity index (χ1) is 14.2. The molecule has 3 aromatic rings. The van der Waals surface area contributed by atoms with E-state index in [4.69, 9.17) is 0 Å². The van der Waals surface area contributed by atoms with Crippen LogP contribution in [0.3, 0.4) is 0 Å². The molecule has 1 aliphatic heterocycles. The summed E-state index contributed by atoms with van der Waals surface area (Å²) in [6.07, 6.45) is 4.73. The first-order valence-electron chi connectivity index (χ1n) is 10.4. The van der Waals surface area contributed by atoms with Gasteiger partial charge in [0, 0.05) is 56.9 Å². The van der Waals surface area contributed by atoms with Crippen molar-refractivity contribution in [2.24, 2.45) is 0 Å². The zero-order valence-corrected chi connectivity index (χ0v) is 17.1. The minimum atomic E-state index is 0.224. The van der Waals surface area contributed by atoms with Crippen LogP contribution in [0.4, 0.5) is 0 Å². The maximum Gasteiger partial charge on any atom is 0.127 e. The number of benzene rings is 2. The Kier molecular flexibility index (Phi) is 6.39. The summed E-state index contributed by atoms with van der Waals surface area (Å²) in [6, 6.07) is 19.5. The summed E-state index contributed by atoms with van der Waals surface area (Å²) in [4.78, 5) is 9.61. The first kappa shape index (κ1) is 19.8. The number of aliphatic hydroxyl groups is 1. The zero-order valence-electron chi connectivity index (χ0n) is 17.1. The third-order valence-corrected chi connectivity index (χ3v) is 5.74. The molecule has 1 atom stereocenters. The summed E-state index contributed by atoms with van der Waals surface area (Å²) in [5.41, 5.74) is 3.74. The molecular formula is C24H30N4O. The first-order valence-corrected chi connectivity index (χ1v) is 10.4. The molecule has 0 unspecified atom stereocenters. The Labute approximate surface area is 173 Å². The number of aryl methyl sites for hydroxylation is 1. The lowest BCUT2D eigenvalue weighted by Crippen LogP contribution is -2.52. The predicted octanol–water partition coefficient (Wildman–Crippen LogP) is 3.25. The van der Waals surface area contributed by atoms with Gasteiger partial charge in [-0.15, -0.1) is 0 Å². The molecule has 0 bridgehead atoms. The van der Waals surface area contributed by atoms with Crippen LogP contribution in [0, 0.1) is 6.92 Å². The van der Waals surface area contributed by atoms with Crippen molar-refractivity contribution in [1.29, 1.82) is 0 Å². The maximum atomic E-state index is 9.60.